The minimum Gasteiger partial charge on any atom is -0.391 e. The van der Waals surface area contributed by atoms with Crippen molar-refractivity contribution in [2.75, 3.05) is 12.3 Å². The van der Waals surface area contributed by atoms with Crippen molar-refractivity contribution in [1.29, 1.82) is 0 Å². The molecule has 2 aliphatic heterocycles. The lowest BCUT2D eigenvalue weighted by Crippen LogP contribution is -2.51. The van der Waals surface area contributed by atoms with Gasteiger partial charge in [0.05, 0.1) is 11.0 Å². The smallest absolute Gasteiger partial charge is 0.243 e. The maximum atomic E-state index is 12.1. The molecule has 18 heavy (non-hydrogen) atoms. The molecule has 0 saturated carbocycles. The van der Waals surface area contributed by atoms with Gasteiger partial charge in [-0.05, 0) is 19.8 Å². The van der Waals surface area contributed by atoms with Crippen LogP contribution in [0.3, 0.4) is 0 Å². The van der Waals surface area contributed by atoms with Gasteiger partial charge in [-0.25, -0.2) is 0 Å². The number of carbonyl (C=O) groups excluding carboxylic acids is 2. The molecule has 102 valence electrons. The Morgan fingerprint density at radius 3 is 3.11 bits per heavy atom. The van der Waals surface area contributed by atoms with Crippen LogP contribution in [0.2, 0.25) is 0 Å². The summed E-state index contributed by atoms with van der Waals surface area (Å²) >= 11 is 1.68. The number of amides is 2. The van der Waals surface area contributed by atoms with E-state index >= 15 is 0 Å². The predicted octanol–water partition coefficient (Wildman–Crippen LogP) is 0.327. The molecular weight excluding hydrogens is 252 g/mol. The fourth-order valence-electron chi connectivity index (χ4n) is 2.50. The van der Waals surface area contributed by atoms with Crippen LogP contribution in [0.15, 0.2) is 0 Å². The van der Waals surface area contributed by atoms with E-state index in [1.807, 2.05) is 13.8 Å². The van der Waals surface area contributed by atoms with Gasteiger partial charge < -0.3 is 15.3 Å². The van der Waals surface area contributed by atoms with Crippen LogP contribution in [-0.2, 0) is 9.59 Å². The molecule has 0 bridgehead atoms. The number of aliphatic hydroxyl groups is 1. The number of hydrogen-bond donors (Lipinski definition) is 2. The van der Waals surface area contributed by atoms with E-state index in [1.54, 1.807) is 16.7 Å². The number of nitrogens with zero attached hydrogens (tertiary/aromatic N) is 1. The molecule has 2 heterocycles. The molecule has 2 fully saturated rings. The predicted molar refractivity (Wildman–Crippen MR) is 70.0 cm³/mol. The topological polar surface area (TPSA) is 69.6 Å². The Balaban J connectivity index is 1.97. The van der Waals surface area contributed by atoms with Crippen LogP contribution in [0.4, 0.5) is 0 Å². The zero-order valence-electron chi connectivity index (χ0n) is 10.8. The second-order valence-corrected chi connectivity index (χ2v) is 6.57. The Bertz CT molecular complexity index is 363. The summed E-state index contributed by atoms with van der Waals surface area (Å²) in [4.78, 5) is 25.4. The minimum atomic E-state index is -0.510. The van der Waals surface area contributed by atoms with E-state index in [2.05, 4.69) is 5.32 Å². The largest absolute Gasteiger partial charge is 0.391 e. The van der Waals surface area contributed by atoms with Gasteiger partial charge in [0.15, 0.2) is 0 Å². The van der Waals surface area contributed by atoms with Crippen molar-refractivity contribution in [2.45, 2.75) is 50.1 Å². The third kappa shape index (κ3) is 2.36. The van der Waals surface area contributed by atoms with Crippen molar-refractivity contribution in [2.24, 2.45) is 0 Å². The Labute approximate surface area is 111 Å². The Morgan fingerprint density at radius 1 is 1.72 bits per heavy atom. The van der Waals surface area contributed by atoms with Crippen molar-refractivity contribution in [3.05, 3.63) is 0 Å². The van der Waals surface area contributed by atoms with Crippen molar-refractivity contribution in [3.63, 3.8) is 0 Å². The summed E-state index contributed by atoms with van der Waals surface area (Å²) < 4.78 is 0. The zero-order chi connectivity index (χ0) is 13.3. The number of carbonyl (C=O) groups is 2. The highest BCUT2D eigenvalue weighted by Gasteiger charge is 2.52. The van der Waals surface area contributed by atoms with Gasteiger partial charge in [0.1, 0.15) is 6.04 Å². The third-order valence-electron chi connectivity index (χ3n) is 3.73. The molecule has 0 aromatic heterocycles. The van der Waals surface area contributed by atoms with Crippen LogP contribution < -0.4 is 5.32 Å². The first-order chi connectivity index (χ1) is 8.48. The summed E-state index contributed by atoms with van der Waals surface area (Å²) in [6.07, 6.45) is 1.45. The van der Waals surface area contributed by atoms with Crippen LogP contribution in [0.1, 0.15) is 33.1 Å². The SMILES string of the molecule is CCC(O)CNC(=O)C1CSC2(C)CCC(=O)N12. The van der Waals surface area contributed by atoms with E-state index in [0.29, 0.717) is 18.6 Å². The fraction of sp³-hybridized carbons (Fsp3) is 0.833. The lowest BCUT2D eigenvalue weighted by Gasteiger charge is -2.30. The molecule has 3 unspecified atom stereocenters. The summed E-state index contributed by atoms with van der Waals surface area (Å²) in [5.74, 6) is 0.573. The Hall–Kier alpha value is -0.750. The Morgan fingerprint density at radius 2 is 2.44 bits per heavy atom. The summed E-state index contributed by atoms with van der Waals surface area (Å²) in [6, 6.07) is -0.376. The molecular formula is C12H20N2O3S. The lowest BCUT2D eigenvalue weighted by molar-refractivity contribution is -0.138. The molecule has 0 radical (unpaired) electrons. The van der Waals surface area contributed by atoms with Crippen molar-refractivity contribution in [3.8, 4) is 0 Å². The van der Waals surface area contributed by atoms with Crippen molar-refractivity contribution < 1.29 is 14.7 Å². The normalized spacial score (nSPS) is 32.5. The Kier molecular flexibility index (Phi) is 3.87. The van der Waals surface area contributed by atoms with E-state index < -0.39 is 6.10 Å². The maximum absolute atomic E-state index is 12.1. The quantitative estimate of drug-likeness (QED) is 0.773. The van der Waals surface area contributed by atoms with Gasteiger partial charge in [0.2, 0.25) is 11.8 Å². The molecule has 3 atom stereocenters. The van der Waals surface area contributed by atoms with Crippen LogP contribution in [0.25, 0.3) is 0 Å². The average Bonchev–Trinajstić information content (AvgIpc) is 2.83. The molecule has 2 N–H and O–H groups in total. The molecule has 2 amide bonds. The molecule has 0 aliphatic carbocycles. The summed E-state index contributed by atoms with van der Waals surface area (Å²) in [5, 5.41) is 12.2. The van der Waals surface area contributed by atoms with Crippen molar-refractivity contribution in [1.82, 2.24) is 10.2 Å². The minimum absolute atomic E-state index is 0.0682. The third-order valence-corrected chi connectivity index (χ3v) is 5.24. The molecule has 0 aromatic rings. The van der Waals surface area contributed by atoms with Crippen LogP contribution in [-0.4, -0.2) is 51.1 Å². The zero-order valence-corrected chi connectivity index (χ0v) is 11.6. The van der Waals surface area contributed by atoms with Gasteiger partial charge in [0, 0.05) is 18.7 Å². The van der Waals surface area contributed by atoms with E-state index in [-0.39, 0.29) is 29.3 Å². The molecule has 2 aliphatic rings. The number of fused-ring (bicyclic) bond motifs is 1. The van der Waals surface area contributed by atoms with E-state index in [1.165, 1.54) is 0 Å². The van der Waals surface area contributed by atoms with Gasteiger partial charge in [0.25, 0.3) is 0 Å². The first-order valence-corrected chi connectivity index (χ1v) is 7.38. The fourth-order valence-corrected chi connectivity index (χ4v) is 3.93. The highest BCUT2D eigenvalue weighted by Crippen LogP contribution is 2.47. The molecule has 0 aromatic carbocycles. The van der Waals surface area contributed by atoms with E-state index in [9.17, 15) is 14.7 Å². The number of rotatable bonds is 4. The lowest BCUT2D eigenvalue weighted by atomic mass is 10.2. The van der Waals surface area contributed by atoms with Gasteiger partial charge >= 0.3 is 0 Å². The van der Waals surface area contributed by atoms with Crippen molar-refractivity contribution >= 4 is 23.6 Å². The van der Waals surface area contributed by atoms with Gasteiger partial charge in [-0.2, -0.15) is 0 Å². The van der Waals surface area contributed by atoms with Crippen LogP contribution in [0, 0.1) is 0 Å². The maximum Gasteiger partial charge on any atom is 0.243 e. The standard InChI is InChI=1S/C12H20N2O3S/c1-3-8(15)6-13-11(17)9-7-18-12(2)5-4-10(16)14(9)12/h8-9,15H,3-7H2,1-2H3,(H,13,17). The number of thioether (sulfide) groups is 1. The van der Waals surface area contributed by atoms with E-state index in [4.69, 9.17) is 0 Å². The van der Waals surface area contributed by atoms with Gasteiger partial charge in [-0.3, -0.25) is 9.59 Å². The summed E-state index contributed by atoms with van der Waals surface area (Å²) in [6.45, 7) is 4.15. The number of aliphatic hydroxyl groups excluding tert-OH is 1. The second-order valence-electron chi connectivity index (χ2n) is 5.07. The first-order valence-electron chi connectivity index (χ1n) is 6.40. The first kappa shape index (κ1) is 13.7. The number of hydrogen-bond acceptors (Lipinski definition) is 4. The van der Waals surface area contributed by atoms with Gasteiger partial charge in [-0.1, -0.05) is 6.92 Å². The summed E-state index contributed by atoms with van der Waals surface area (Å²) in [7, 11) is 0. The van der Waals surface area contributed by atoms with E-state index in [0.717, 1.165) is 6.42 Å². The molecule has 6 heteroatoms. The van der Waals surface area contributed by atoms with Crippen LogP contribution >= 0.6 is 11.8 Å². The van der Waals surface area contributed by atoms with Gasteiger partial charge in [-0.15, -0.1) is 11.8 Å². The number of nitrogens with one attached hydrogen (secondary N) is 1. The van der Waals surface area contributed by atoms with Crippen LogP contribution in [0.5, 0.6) is 0 Å². The highest BCUT2D eigenvalue weighted by atomic mass is 32.2. The monoisotopic (exact) mass is 272 g/mol. The molecule has 2 saturated heterocycles. The highest BCUT2D eigenvalue weighted by molar-refractivity contribution is 8.01. The second kappa shape index (κ2) is 5.09. The molecule has 5 nitrogen and oxygen atoms in total. The average molecular weight is 272 g/mol. The molecule has 0 spiro atoms. The molecule has 2 rings (SSSR count). The summed E-state index contributed by atoms with van der Waals surface area (Å²) in [5.41, 5.74) is 0.